The molecule has 74 valence electrons. The Bertz CT molecular complexity index is 278. The number of nitrogens with two attached hydrogens (primary N) is 1. The molecular formula is C9H12ClF2N. The third-order valence-corrected chi connectivity index (χ3v) is 1.81. The average Bonchev–Trinajstić information content (AvgIpc) is 2.08. The number of aryl methyl sites for hydroxylation is 1. The second-order valence-corrected chi connectivity index (χ2v) is 2.76. The highest BCUT2D eigenvalue weighted by Gasteiger charge is 2.08. The highest BCUT2D eigenvalue weighted by Crippen LogP contribution is 2.17. The van der Waals surface area contributed by atoms with Gasteiger partial charge in [0.15, 0.2) is 0 Å². The van der Waals surface area contributed by atoms with Crippen LogP contribution in [-0.2, 0) is 0 Å². The Morgan fingerprint density at radius 1 is 1.46 bits per heavy atom. The van der Waals surface area contributed by atoms with Gasteiger partial charge in [0.2, 0.25) is 0 Å². The number of hydrogen-bond donors (Lipinski definition) is 1. The molecule has 0 bridgehead atoms. The van der Waals surface area contributed by atoms with Gasteiger partial charge in [0.25, 0.3) is 0 Å². The van der Waals surface area contributed by atoms with E-state index in [1.165, 1.54) is 12.1 Å². The lowest BCUT2D eigenvalue weighted by Gasteiger charge is -2.10. The van der Waals surface area contributed by atoms with Gasteiger partial charge in [-0.25, -0.2) is 8.78 Å². The first-order valence-corrected chi connectivity index (χ1v) is 3.72. The molecule has 1 aromatic carbocycles. The minimum atomic E-state index is -0.708. The monoisotopic (exact) mass is 207 g/mol. The fourth-order valence-corrected chi connectivity index (χ4v) is 1.09. The highest BCUT2D eigenvalue weighted by atomic mass is 35.5. The van der Waals surface area contributed by atoms with Gasteiger partial charge < -0.3 is 5.73 Å². The second-order valence-electron chi connectivity index (χ2n) is 2.76. The van der Waals surface area contributed by atoms with Crippen molar-refractivity contribution in [3.8, 4) is 0 Å². The van der Waals surface area contributed by atoms with Gasteiger partial charge in [-0.3, -0.25) is 0 Å². The zero-order chi connectivity index (χ0) is 9.14. The minimum absolute atomic E-state index is 0. The molecule has 0 aliphatic heterocycles. The molecule has 1 aromatic rings. The van der Waals surface area contributed by atoms with Crippen molar-refractivity contribution in [2.24, 2.45) is 5.73 Å². The number of halogens is 3. The molecule has 0 aliphatic carbocycles. The molecule has 0 saturated carbocycles. The van der Waals surface area contributed by atoms with E-state index in [9.17, 15) is 8.78 Å². The summed E-state index contributed by atoms with van der Waals surface area (Å²) >= 11 is 0. The largest absolute Gasteiger partial charge is 0.322 e. The van der Waals surface area contributed by atoms with Crippen LogP contribution in [-0.4, -0.2) is 6.67 Å². The molecule has 0 radical (unpaired) electrons. The molecule has 0 spiro atoms. The quantitative estimate of drug-likeness (QED) is 0.793. The Balaban J connectivity index is 0.00000144. The van der Waals surface area contributed by atoms with Crippen molar-refractivity contribution < 1.29 is 8.78 Å². The lowest BCUT2D eigenvalue weighted by molar-refractivity contribution is 0.435. The van der Waals surface area contributed by atoms with Crippen LogP contribution in [0.15, 0.2) is 18.2 Å². The van der Waals surface area contributed by atoms with Gasteiger partial charge in [-0.05, 0) is 30.2 Å². The second kappa shape index (κ2) is 5.14. The Morgan fingerprint density at radius 2 is 2.08 bits per heavy atom. The smallest absolute Gasteiger partial charge is 0.123 e. The first kappa shape index (κ1) is 12.3. The van der Waals surface area contributed by atoms with E-state index in [-0.39, 0.29) is 18.2 Å². The third kappa shape index (κ3) is 2.94. The number of hydrogen-bond acceptors (Lipinski definition) is 1. The Kier molecular flexibility index (Phi) is 4.88. The van der Waals surface area contributed by atoms with E-state index < -0.39 is 12.7 Å². The summed E-state index contributed by atoms with van der Waals surface area (Å²) in [5, 5.41) is 0. The summed E-state index contributed by atoms with van der Waals surface area (Å²) in [4.78, 5) is 0. The first-order valence-electron chi connectivity index (χ1n) is 3.72. The molecule has 4 heteroatoms. The predicted molar refractivity (Wildman–Crippen MR) is 51.3 cm³/mol. The maximum Gasteiger partial charge on any atom is 0.123 e. The SMILES string of the molecule is Cc1ccc(F)cc1[C@H](N)CF.Cl. The molecule has 0 amide bonds. The molecule has 0 aliphatic rings. The Morgan fingerprint density at radius 3 is 2.62 bits per heavy atom. The van der Waals surface area contributed by atoms with E-state index in [1.807, 2.05) is 0 Å². The van der Waals surface area contributed by atoms with Crippen molar-refractivity contribution in [1.82, 2.24) is 0 Å². The molecule has 13 heavy (non-hydrogen) atoms. The molecule has 0 aromatic heterocycles. The molecule has 0 saturated heterocycles. The van der Waals surface area contributed by atoms with Gasteiger partial charge in [-0.1, -0.05) is 6.07 Å². The summed E-state index contributed by atoms with van der Waals surface area (Å²) in [5.74, 6) is -0.375. The topological polar surface area (TPSA) is 26.0 Å². The maximum absolute atomic E-state index is 12.7. The summed E-state index contributed by atoms with van der Waals surface area (Å²) in [6.45, 7) is 1.12. The molecule has 0 fully saturated rings. The fraction of sp³-hybridized carbons (Fsp3) is 0.333. The fourth-order valence-electron chi connectivity index (χ4n) is 1.09. The number of benzene rings is 1. The molecular weight excluding hydrogens is 196 g/mol. The van der Waals surface area contributed by atoms with Gasteiger partial charge in [0.05, 0.1) is 6.04 Å². The molecule has 0 heterocycles. The molecule has 2 N–H and O–H groups in total. The number of rotatable bonds is 2. The van der Waals surface area contributed by atoms with Crippen molar-refractivity contribution in [3.05, 3.63) is 35.1 Å². The van der Waals surface area contributed by atoms with Gasteiger partial charge in [-0.2, -0.15) is 0 Å². The first-order chi connectivity index (χ1) is 5.65. The van der Waals surface area contributed by atoms with Crippen molar-refractivity contribution in [2.75, 3.05) is 6.67 Å². The summed E-state index contributed by atoms with van der Waals surface area (Å²) in [6.07, 6.45) is 0. The molecule has 1 nitrogen and oxygen atoms in total. The van der Waals surface area contributed by atoms with Crippen molar-refractivity contribution in [2.45, 2.75) is 13.0 Å². The van der Waals surface area contributed by atoms with Gasteiger partial charge in [0, 0.05) is 0 Å². The molecule has 1 rings (SSSR count). The van der Waals surface area contributed by atoms with Crippen LogP contribution in [0, 0.1) is 12.7 Å². The van der Waals surface area contributed by atoms with Crippen molar-refractivity contribution >= 4 is 12.4 Å². The summed E-state index contributed by atoms with van der Waals surface area (Å²) in [5.41, 5.74) is 6.78. The van der Waals surface area contributed by atoms with Crippen LogP contribution >= 0.6 is 12.4 Å². The van der Waals surface area contributed by atoms with Crippen LogP contribution in [0.25, 0.3) is 0 Å². The van der Waals surface area contributed by atoms with Gasteiger partial charge in [-0.15, -0.1) is 12.4 Å². The Hall–Kier alpha value is -0.670. The van der Waals surface area contributed by atoms with Crippen molar-refractivity contribution in [1.29, 1.82) is 0 Å². The van der Waals surface area contributed by atoms with E-state index in [4.69, 9.17) is 5.73 Å². The maximum atomic E-state index is 12.7. The van der Waals surface area contributed by atoms with Crippen LogP contribution in [0.3, 0.4) is 0 Å². The van der Waals surface area contributed by atoms with Crippen LogP contribution in [0.1, 0.15) is 17.2 Å². The summed E-state index contributed by atoms with van der Waals surface area (Å²) < 4.78 is 24.8. The van der Waals surface area contributed by atoms with E-state index in [0.717, 1.165) is 5.56 Å². The van der Waals surface area contributed by atoms with Crippen molar-refractivity contribution in [3.63, 3.8) is 0 Å². The normalized spacial score (nSPS) is 12.0. The Labute approximate surface area is 82.4 Å². The predicted octanol–water partition coefficient (Wildman–Crippen LogP) is 2.53. The summed E-state index contributed by atoms with van der Waals surface area (Å²) in [6, 6.07) is 3.50. The molecule has 1 atom stereocenters. The van der Waals surface area contributed by atoms with E-state index in [1.54, 1.807) is 13.0 Å². The van der Waals surface area contributed by atoms with Crippen LogP contribution in [0.5, 0.6) is 0 Å². The van der Waals surface area contributed by atoms with E-state index in [0.29, 0.717) is 5.56 Å². The lowest BCUT2D eigenvalue weighted by Crippen LogP contribution is -2.13. The van der Waals surface area contributed by atoms with Crippen LogP contribution < -0.4 is 5.73 Å². The zero-order valence-electron chi connectivity index (χ0n) is 7.26. The minimum Gasteiger partial charge on any atom is -0.322 e. The zero-order valence-corrected chi connectivity index (χ0v) is 8.07. The lowest BCUT2D eigenvalue weighted by atomic mass is 10.0. The average molecular weight is 208 g/mol. The number of alkyl halides is 1. The van der Waals surface area contributed by atoms with E-state index in [2.05, 4.69) is 0 Å². The van der Waals surface area contributed by atoms with Crippen LogP contribution in [0.4, 0.5) is 8.78 Å². The van der Waals surface area contributed by atoms with Crippen LogP contribution in [0.2, 0.25) is 0 Å². The summed E-state index contributed by atoms with van der Waals surface area (Å²) in [7, 11) is 0. The standard InChI is InChI=1S/C9H11F2N.ClH/c1-6-2-3-7(11)4-8(6)9(12)5-10;/h2-4,9H,5,12H2,1H3;1H/t9-;/m1./s1. The van der Waals surface area contributed by atoms with Gasteiger partial charge in [0.1, 0.15) is 12.5 Å². The highest BCUT2D eigenvalue weighted by molar-refractivity contribution is 5.85. The van der Waals surface area contributed by atoms with Gasteiger partial charge >= 0.3 is 0 Å². The third-order valence-electron chi connectivity index (χ3n) is 1.81. The van der Waals surface area contributed by atoms with E-state index >= 15 is 0 Å². The molecule has 0 unspecified atom stereocenters.